The number of phenols is 1. The summed E-state index contributed by atoms with van der Waals surface area (Å²) < 4.78 is 11.9. The van der Waals surface area contributed by atoms with Gasteiger partial charge in [0.25, 0.3) is 0 Å². The number of phenolic OH excluding ortho intramolecular Hbond substituents is 1. The van der Waals surface area contributed by atoms with Crippen molar-refractivity contribution in [2.75, 3.05) is 6.54 Å². The van der Waals surface area contributed by atoms with Crippen molar-refractivity contribution in [3.8, 4) is 11.5 Å². The second-order valence-corrected chi connectivity index (χ2v) is 7.37. The molecule has 1 saturated heterocycles. The zero-order chi connectivity index (χ0) is 15.8. The van der Waals surface area contributed by atoms with Crippen molar-refractivity contribution in [2.45, 2.75) is 56.3 Å². The molecule has 5 rings (SSSR count). The van der Waals surface area contributed by atoms with Gasteiger partial charge in [-0.05, 0) is 49.8 Å². The lowest BCUT2D eigenvalue weighted by Crippen LogP contribution is -2.66. The minimum absolute atomic E-state index is 0.115. The van der Waals surface area contributed by atoms with Crippen molar-refractivity contribution in [3.63, 3.8) is 0 Å². The number of ether oxygens (including phenoxy) is 2. The maximum absolute atomic E-state index is 11.5. The van der Waals surface area contributed by atoms with E-state index in [-0.39, 0.29) is 29.3 Å². The molecule has 2 heterocycles. The molecule has 2 N–H and O–H groups in total. The summed E-state index contributed by atoms with van der Waals surface area (Å²) in [6, 6.07) is 4.22. The van der Waals surface area contributed by atoms with Crippen molar-refractivity contribution >= 4 is 5.97 Å². The van der Waals surface area contributed by atoms with Gasteiger partial charge in [-0.25, -0.2) is 0 Å². The summed E-state index contributed by atoms with van der Waals surface area (Å²) in [4.78, 5) is 11.5. The van der Waals surface area contributed by atoms with E-state index in [9.17, 15) is 9.90 Å². The quantitative estimate of drug-likeness (QED) is 0.771. The molecule has 5 atom stereocenters. The molecular weight excluding hydrogens is 294 g/mol. The molecule has 0 amide bonds. The Hall–Kier alpha value is -1.75. The second-order valence-electron chi connectivity index (χ2n) is 7.37. The number of carbonyl (C=O) groups is 1. The second kappa shape index (κ2) is 4.41. The largest absolute Gasteiger partial charge is 0.504 e. The van der Waals surface area contributed by atoms with Crippen LogP contribution in [0.2, 0.25) is 0 Å². The number of carbonyl (C=O) groups excluding carboxylic acids is 1. The molecule has 0 radical (unpaired) electrons. The normalized spacial score (nSPS) is 39.3. The van der Waals surface area contributed by atoms with Gasteiger partial charge < -0.3 is 19.9 Å². The molecule has 1 aromatic rings. The van der Waals surface area contributed by atoms with Gasteiger partial charge >= 0.3 is 5.97 Å². The van der Waals surface area contributed by atoms with Crippen LogP contribution in [0, 0.1) is 5.92 Å². The van der Waals surface area contributed by atoms with Crippen LogP contribution in [-0.2, 0) is 21.4 Å². The smallest absolute Gasteiger partial charge is 0.303 e. The van der Waals surface area contributed by atoms with E-state index in [0.29, 0.717) is 17.7 Å². The average molecular weight is 315 g/mol. The fraction of sp³-hybridized carbons (Fsp3) is 0.611. The molecule has 0 aromatic heterocycles. The summed E-state index contributed by atoms with van der Waals surface area (Å²) in [5, 5.41) is 14.0. The Morgan fingerprint density at radius 3 is 3.13 bits per heavy atom. The Bertz CT molecular complexity index is 703. The number of nitrogens with one attached hydrogen (secondary N) is 1. The molecule has 1 saturated carbocycles. The van der Waals surface area contributed by atoms with Crippen LogP contribution in [0.3, 0.4) is 0 Å². The van der Waals surface area contributed by atoms with Crippen molar-refractivity contribution in [1.29, 1.82) is 0 Å². The summed E-state index contributed by atoms with van der Waals surface area (Å²) in [5.41, 5.74) is 2.36. The lowest BCUT2D eigenvalue weighted by atomic mass is 9.52. The van der Waals surface area contributed by atoms with Gasteiger partial charge in [-0.3, -0.25) is 4.79 Å². The minimum Gasteiger partial charge on any atom is -0.504 e. The van der Waals surface area contributed by atoms with Gasteiger partial charge in [0, 0.05) is 23.9 Å². The van der Waals surface area contributed by atoms with Gasteiger partial charge in [0.15, 0.2) is 11.5 Å². The maximum Gasteiger partial charge on any atom is 0.303 e. The first-order valence-electron chi connectivity index (χ1n) is 8.54. The van der Waals surface area contributed by atoms with Gasteiger partial charge in [0.1, 0.15) is 12.2 Å². The molecule has 2 bridgehead atoms. The molecule has 5 heteroatoms. The lowest BCUT2D eigenvalue weighted by molar-refractivity contribution is -0.160. The van der Waals surface area contributed by atoms with Crippen molar-refractivity contribution in [2.24, 2.45) is 5.92 Å². The van der Waals surface area contributed by atoms with Crippen molar-refractivity contribution in [1.82, 2.24) is 5.32 Å². The highest BCUT2D eigenvalue weighted by molar-refractivity contribution is 5.67. The molecule has 5 nitrogen and oxygen atoms in total. The van der Waals surface area contributed by atoms with Crippen LogP contribution in [0.15, 0.2) is 12.1 Å². The van der Waals surface area contributed by atoms with Crippen LogP contribution in [-0.4, -0.2) is 35.9 Å². The first-order chi connectivity index (χ1) is 11.1. The molecule has 23 heavy (non-hydrogen) atoms. The van der Waals surface area contributed by atoms with Gasteiger partial charge in [-0.1, -0.05) is 6.07 Å². The summed E-state index contributed by atoms with van der Waals surface area (Å²) in [6.07, 6.45) is 3.43. The number of esters is 1. The van der Waals surface area contributed by atoms with Crippen LogP contribution in [0.4, 0.5) is 0 Å². The fourth-order valence-corrected chi connectivity index (χ4v) is 5.75. The number of hydrogen-bond acceptors (Lipinski definition) is 5. The summed E-state index contributed by atoms with van der Waals surface area (Å²) >= 11 is 0. The molecule has 2 aliphatic carbocycles. The van der Waals surface area contributed by atoms with Crippen LogP contribution >= 0.6 is 0 Å². The third-order valence-electron chi connectivity index (χ3n) is 6.39. The number of hydrogen-bond donors (Lipinski definition) is 2. The van der Waals surface area contributed by atoms with Crippen LogP contribution < -0.4 is 10.1 Å². The summed E-state index contributed by atoms with van der Waals surface area (Å²) in [6.45, 7) is 2.41. The topological polar surface area (TPSA) is 67.8 Å². The highest BCUT2D eigenvalue weighted by Gasteiger charge is 2.65. The molecule has 1 spiro atoms. The van der Waals surface area contributed by atoms with Gasteiger partial charge in [-0.15, -0.1) is 0 Å². The van der Waals surface area contributed by atoms with E-state index in [2.05, 4.69) is 5.32 Å². The Labute approximate surface area is 135 Å². The third-order valence-corrected chi connectivity index (χ3v) is 6.39. The first kappa shape index (κ1) is 13.7. The fourth-order valence-electron chi connectivity index (χ4n) is 5.75. The Kier molecular flexibility index (Phi) is 2.62. The van der Waals surface area contributed by atoms with Crippen molar-refractivity contribution < 1.29 is 19.4 Å². The van der Waals surface area contributed by atoms with E-state index in [1.165, 1.54) is 18.1 Å². The number of rotatable bonds is 1. The highest BCUT2D eigenvalue weighted by Crippen LogP contribution is 2.62. The minimum atomic E-state index is -0.254. The van der Waals surface area contributed by atoms with E-state index < -0.39 is 0 Å². The van der Waals surface area contributed by atoms with Crippen molar-refractivity contribution in [3.05, 3.63) is 23.3 Å². The van der Waals surface area contributed by atoms with E-state index in [1.54, 1.807) is 6.07 Å². The van der Waals surface area contributed by atoms with Crippen LogP contribution in [0.1, 0.15) is 37.3 Å². The predicted molar refractivity (Wildman–Crippen MR) is 82.6 cm³/mol. The number of aromatic hydroxyl groups is 1. The Morgan fingerprint density at radius 1 is 1.43 bits per heavy atom. The lowest BCUT2D eigenvalue weighted by Gasteiger charge is -2.56. The van der Waals surface area contributed by atoms with E-state index >= 15 is 0 Å². The molecule has 4 aliphatic rings. The monoisotopic (exact) mass is 315 g/mol. The number of benzene rings is 1. The van der Waals surface area contributed by atoms with Gasteiger partial charge in [0.2, 0.25) is 0 Å². The summed E-state index contributed by atoms with van der Waals surface area (Å²) in [7, 11) is 0. The standard InChI is InChI=1S/C18H21NO4/c1-9(20)22-14-5-3-11-12-8-10-2-4-13(21)16-15(10)18(11,6-7-19-12)17(14)23-16/h2,4,11-12,14,17,19,21H,3,5-8H2,1H3/t11?,12?,14-,17-,18?/m0/s1. The Morgan fingerprint density at radius 2 is 2.30 bits per heavy atom. The van der Waals surface area contributed by atoms with Gasteiger partial charge in [0.05, 0.1) is 0 Å². The third kappa shape index (κ3) is 1.58. The van der Waals surface area contributed by atoms with Crippen LogP contribution in [0.5, 0.6) is 11.5 Å². The summed E-state index contributed by atoms with van der Waals surface area (Å²) in [5.74, 6) is 1.08. The zero-order valence-corrected chi connectivity index (χ0v) is 13.2. The molecule has 122 valence electrons. The van der Waals surface area contributed by atoms with Gasteiger partial charge in [-0.2, -0.15) is 0 Å². The van der Waals surface area contributed by atoms with E-state index in [1.807, 2.05) is 6.07 Å². The Balaban J connectivity index is 1.71. The highest BCUT2D eigenvalue weighted by atomic mass is 16.6. The average Bonchev–Trinajstić information content (AvgIpc) is 2.85. The van der Waals surface area contributed by atoms with E-state index in [4.69, 9.17) is 9.47 Å². The zero-order valence-electron chi connectivity index (χ0n) is 13.2. The molecule has 1 aromatic carbocycles. The molecule has 3 unspecified atom stereocenters. The number of piperidine rings is 1. The predicted octanol–water partition coefficient (Wildman–Crippen LogP) is 1.65. The molecule has 2 aliphatic heterocycles. The molecular formula is C18H21NO4. The molecule has 2 fully saturated rings. The van der Waals surface area contributed by atoms with E-state index in [0.717, 1.165) is 32.2 Å². The maximum atomic E-state index is 11.5. The van der Waals surface area contributed by atoms with Crippen LogP contribution in [0.25, 0.3) is 0 Å². The first-order valence-corrected chi connectivity index (χ1v) is 8.54. The SMILES string of the molecule is CC(=O)O[C@H]1CCC2C3Cc4ccc(O)c5c4C2(CCN3)[C@H]1O5.